The molecule has 0 amide bonds. The third-order valence-electron chi connectivity index (χ3n) is 4.86. The topological polar surface area (TPSA) is 161 Å². The highest BCUT2D eigenvalue weighted by atomic mass is 16.6. The van der Waals surface area contributed by atoms with E-state index in [0.29, 0.717) is 23.6 Å². The number of nitrogen functional groups attached to an aromatic ring is 1. The van der Waals surface area contributed by atoms with Gasteiger partial charge in [-0.05, 0) is 19.1 Å². The number of benzene rings is 1. The van der Waals surface area contributed by atoms with Gasteiger partial charge in [-0.3, -0.25) is 4.57 Å². The van der Waals surface area contributed by atoms with E-state index in [-0.39, 0.29) is 12.0 Å². The van der Waals surface area contributed by atoms with E-state index in [9.17, 15) is 15.3 Å². The number of hydrogen-bond acceptors (Lipinski definition) is 10. The summed E-state index contributed by atoms with van der Waals surface area (Å²) in [6.07, 6.45) is -2.94. The summed E-state index contributed by atoms with van der Waals surface area (Å²) in [5.74, 6) is 1.17. The Balaban J connectivity index is 1.55. The number of aromatic nitrogens is 4. The maximum atomic E-state index is 10.3. The van der Waals surface area contributed by atoms with Crippen molar-refractivity contribution in [1.82, 2.24) is 19.5 Å². The van der Waals surface area contributed by atoms with Crippen LogP contribution in [0, 0.1) is 0 Å². The first-order chi connectivity index (χ1) is 14.5. The van der Waals surface area contributed by atoms with Crippen LogP contribution >= 0.6 is 0 Å². The van der Waals surface area contributed by atoms with Crippen LogP contribution in [0.2, 0.25) is 0 Å². The van der Waals surface area contributed by atoms with Crippen LogP contribution in [-0.2, 0) is 4.74 Å². The lowest BCUT2D eigenvalue weighted by atomic mass is 10.1. The first kappa shape index (κ1) is 20.3. The van der Waals surface area contributed by atoms with Crippen molar-refractivity contribution < 1.29 is 24.8 Å². The average molecular weight is 416 g/mol. The summed E-state index contributed by atoms with van der Waals surface area (Å²) in [4.78, 5) is 12.8. The minimum Gasteiger partial charge on any atom is -0.491 e. The highest BCUT2D eigenvalue weighted by Gasteiger charge is 2.44. The highest BCUT2D eigenvalue weighted by Crippen LogP contribution is 2.32. The van der Waals surface area contributed by atoms with Crippen molar-refractivity contribution in [1.29, 1.82) is 0 Å². The molecule has 0 saturated carbocycles. The second-order valence-electron chi connectivity index (χ2n) is 7.15. The molecule has 0 bridgehead atoms. The zero-order chi connectivity index (χ0) is 21.3. The van der Waals surface area contributed by atoms with Crippen molar-refractivity contribution in [2.75, 3.05) is 24.3 Å². The Labute approximate surface area is 172 Å². The SMILES string of the molecule is CC(COc1ccccc1)Nc1nc(N)nc2c1ncn2[C@@H]1O[C@H](CO)C(O)C1O. The Morgan fingerprint density at radius 3 is 2.70 bits per heavy atom. The summed E-state index contributed by atoms with van der Waals surface area (Å²) in [6.45, 7) is 1.88. The first-order valence-corrected chi connectivity index (χ1v) is 9.54. The summed E-state index contributed by atoms with van der Waals surface area (Å²) in [5, 5.41) is 32.9. The molecule has 3 unspecified atom stereocenters. The van der Waals surface area contributed by atoms with Gasteiger partial charge in [0.15, 0.2) is 23.2 Å². The molecule has 5 atom stereocenters. The number of anilines is 2. The van der Waals surface area contributed by atoms with Crippen molar-refractivity contribution in [3.8, 4) is 5.75 Å². The van der Waals surface area contributed by atoms with Gasteiger partial charge in [-0.25, -0.2) is 4.98 Å². The van der Waals surface area contributed by atoms with E-state index in [1.807, 2.05) is 37.3 Å². The van der Waals surface area contributed by atoms with Gasteiger partial charge in [-0.2, -0.15) is 9.97 Å². The fourth-order valence-electron chi connectivity index (χ4n) is 3.34. The standard InChI is InChI=1S/C19H24N6O5/c1-10(8-29-11-5-3-2-4-6-11)22-16-13-17(24-19(20)23-16)25(9-21-13)18-15(28)14(27)12(7-26)30-18/h2-6,9-10,12,14-15,18,26-28H,7-8H2,1H3,(H3,20,22,23,24)/t10?,12-,14?,15?,18-/m1/s1. The molecule has 3 heterocycles. The maximum absolute atomic E-state index is 10.3. The van der Waals surface area contributed by atoms with Crippen molar-refractivity contribution in [3.05, 3.63) is 36.7 Å². The molecular weight excluding hydrogens is 392 g/mol. The molecular formula is C19H24N6O5. The summed E-state index contributed by atoms with van der Waals surface area (Å²) < 4.78 is 12.8. The van der Waals surface area contributed by atoms with Crippen LogP contribution in [0.3, 0.4) is 0 Å². The van der Waals surface area contributed by atoms with Gasteiger partial charge in [-0.15, -0.1) is 0 Å². The Hall–Kier alpha value is -2.99. The Morgan fingerprint density at radius 1 is 1.23 bits per heavy atom. The van der Waals surface area contributed by atoms with E-state index in [4.69, 9.17) is 15.2 Å². The predicted molar refractivity (Wildman–Crippen MR) is 108 cm³/mol. The highest BCUT2D eigenvalue weighted by molar-refractivity contribution is 5.84. The summed E-state index contributed by atoms with van der Waals surface area (Å²) in [5.41, 5.74) is 6.63. The second-order valence-corrected chi connectivity index (χ2v) is 7.15. The van der Waals surface area contributed by atoms with E-state index in [1.165, 1.54) is 10.9 Å². The number of aliphatic hydroxyl groups excluding tert-OH is 3. The van der Waals surface area contributed by atoms with Gasteiger partial charge in [0.1, 0.15) is 30.7 Å². The van der Waals surface area contributed by atoms with Crippen LogP contribution in [0.15, 0.2) is 36.7 Å². The number of para-hydroxylation sites is 1. The fraction of sp³-hybridized carbons (Fsp3) is 0.421. The number of nitrogens with two attached hydrogens (primary N) is 1. The third kappa shape index (κ3) is 3.87. The van der Waals surface area contributed by atoms with Gasteiger partial charge in [0, 0.05) is 0 Å². The van der Waals surface area contributed by atoms with Gasteiger partial charge >= 0.3 is 0 Å². The quantitative estimate of drug-likeness (QED) is 0.352. The number of nitrogens with one attached hydrogen (secondary N) is 1. The molecule has 11 heteroatoms. The van der Waals surface area contributed by atoms with Crippen molar-refractivity contribution in [2.45, 2.75) is 37.5 Å². The minimum absolute atomic E-state index is 0.00895. The largest absolute Gasteiger partial charge is 0.491 e. The minimum atomic E-state index is -1.26. The second kappa shape index (κ2) is 8.40. The molecule has 0 spiro atoms. The molecule has 6 N–H and O–H groups in total. The van der Waals surface area contributed by atoms with Crippen molar-refractivity contribution in [2.24, 2.45) is 0 Å². The molecule has 1 saturated heterocycles. The van der Waals surface area contributed by atoms with Crippen molar-refractivity contribution in [3.63, 3.8) is 0 Å². The number of ether oxygens (including phenoxy) is 2. The first-order valence-electron chi connectivity index (χ1n) is 9.54. The van der Waals surface area contributed by atoms with Crippen LogP contribution in [0.25, 0.3) is 11.2 Å². The molecule has 1 fully saturated rings. The van der Waals surface area contributed by atoms with Gasteiger partial charge in [0.05, 0.1) is 19.0 Å². The predicted octanol–water partition coefficient (Wildman–Crippen LogP) is -0.101. The fourth-order valence-corrected chi connectivity index (χ4v) is 3.34. The van der Waals surface area contributed by atoms with Crippen LogP contribution in [0.5, 0.6) is 5.75 Å². The number of hydrogen-bond donors (Lipinski definition) is 5. The lowest BCUT2D eigenvalue weighted by Crippen LogP contribution is -2.33. The zero-order valence-corrected chi connectivity index (χ0v) is 16.3. The molecule has 2 aromatic heterocycles. The van der Waals surface area contributed by atoms with E-state index >= 15 is 0 Å². The molecule has 0 aliphatic carbocycles. The number of aliphatic hydroxyl groups is 3. The van der Waals surface area contributed by atoms with E-state index < -0.39 is 31.1 Å². The van der Waals surface area contributed by atoms with Crippen molar-refractivity contribution >= 4 is 22.9 Å². The van der Waals surface area contributed by atoms with E-state index in [1.54, 1.807) is 0 Å². The van der Waals surface area contributed by atoms with Gasteiger partial charge < -0.3 is 35.8 Å². The number of fused-ring (bicyclic) bond motifs is 1. The van der Waals surface area contributed by atoms with E-state index in [0.717, 1.165) is 5.75 Å². The van der Waals surface area contributed by atoms with Gasteiger partial charge in [0.25, 0.3) is 0 Å². The van der Waals surface area contributed by atoms with Crippen LogP contribution in [0.1, 0.15) is 13.2 Å². The van der Waals surface area contributed by atoms with Crippen LogP contribution in [-0.4, -0.2) is 72.4 Å². The smallest absolute Gasteiger partial charge is 0.224 e. The average Bonchev–Trinajstić information content (AvgIpc) is 3.28. The third-order valence-corrected chi connectivity index (χ3v) is 4.86. The number of nitrogens with zero attached hydrogens (tertiary/aromatic N) is 4. The molecule has 11 nitrogen and oxygen atoms in total. The molecule has 160 valence electrons. The van der Waals surface area contributed by atoms with Crippen LogP contribution < -0.4 is 15.8 Å². The van der Waals surface area contributed by atoms with Crippen LogP contribution in [0.4, 0.5) is 11.8 Å². The molecule has 0 radical (unpaired) electrons. The molecule has 30 heavy (non-hydrogen) atoms. The zero-order valence-electron chi connectivity index (χ0n) is 16.3. The molecule has 1 aliphatic heterocycles. The maximum Gasteiger partial charge on any atom is 0.224 e. The summed E-state index contributed by atoms with van der Waals surface area (Å²) in [6, 6.07) is 9.32. The summed E-state index contributed by atoms with van der Waals surface area (Å²) in [7, 11) is 0. The summed E-state index contributed by atoms with van der Waals surface area (Å²) >= 11 is 0. The van der Waals surface area contributed by atoms with Gasteiger partial charge in [-0.1, -0.05) is 18.2 Å². The Kier molecular flexibility index (Phi) is 5.68. The number of imidazole rings is 1. The Morgan fingerprint density at radius 2 is 2.00 bits per heavy atom. The monoisotopic (exact) mass is 416 g/mol. The lowest BCUT2D eigenvalue weighted by molar-refractivity contribution is -0.0511. The Bertz CT molecular complexity index is 1000. The van der Waals surface area contributed by atoms with Gasteiger partial charge in [0.2, 0.25) is 5.95 Å². The molecule has 4 rings (SSSR count). The molecule has 3 aromatic rings. The van der Waals surface area contributed by atoms with E-state index in [2.05, 4.69) is 20.3 Å². The lowest BCUT2D eigenvalue weighted by Gasteiger charge is -2.18. The normalized spacial score (nSPS) is 24.8. The molecule has 1 aromatic carbocycles. The number of rotatable bonds is 7. The molecule has 1 aliphatic rings.